The first kappa shape index (κ1) is 14.3. The van der Waals surface area contributed by atoms with Crippen LogP contribution >= 0.6 is 0 Å². The van der Waals surface area contributed by atoms with Gasteiger partial charge in [0.15, 0.2) is 0 Å². The highest BCUT2D eigenvalue weighted by Gasteiger charge is 2.16. The monoisotopic (exact) mass is 263 g/mol. The van der Waals surface area contributed by atoms with Gasteiger partial charge in [-0.15, -0.1) is 0 Å². The third-order valence-electron chi connectivity index (χ3n) is 3.50. The highest BCUT2D eigenvalue weighted by Crippen LogP contribution is 2.17. The maximum absolute atomic E-state index is 5.54. The standard InChI is InChI=1S/C15H25N3O/c1-3-16-15-14(7-4-8-17-15)11-18(2)10-13-6-5-9-19-12-13/h4,7-8,13H,3,5-6,9-12H2,1-2H3,(H,16,17). The molecule has 1 aliphatic heterocycles. The molecule has 1 aromatic heterocycles. The predicted molar refractivity (Wildman–Crippen MR) is 78.3 cm³/mol. The Morgan fingerprint density at radius 2 is 2.42 bits per heavy atom. The molecule has 1 N–H and O–H groups in total. The lowest BCUT2D eigenvalue weighted by Gasteiger charge is -2.27. The Hall–Kier alpha value is -1.13. The second-order valence-corrected chi connectivity index (χ2v) is 5.32. The van der Waals surface area contributed by atoms with Crippen LogP contribution < -0.4 is 5.32 Å². The molecular formula is C15H25N3O. The molecular weight excluding hydrogens is 238 g/mol. The molecule has 0 saturated carbocycles. The maximum atomic E-state index is 5.54. The zero-order valence-electron chi connectivity index (χ0n) is 12.1. The summed E-state index contributed by atoms with van der Waals surface area (Å²) < 4.78 is 5.54. The quantitative estimate of drug-likeness (QED) is 0.855. The van der Waals surface area contributed by atoms with Crippen molar-refractivity contribution in [2.75, 3.05) is 38.7 Å². The van der Waals surface area contributed by atoms with E-state index in [0.29, 0.717) is 5.92 Å². The lowest BCUT2D eigenvalue weighted by molar-refractivity contribution is 0.0411. The van der Waals surface area contributed by atoms with Gasteiger partial charge in [-0.2, -0.15) is 0 Å². The molecule has 1 atom stereocenters. The summed E-state index contributed by atoms with van der Waals surface area (Å²) in [5.74, 6) is 1.69. The fourth-order valence-electron chi connectivity index (χ4n) is 2.64. The Kier molecular flexibility index (Phi) is 5.61. The van der Waals surface area contributed by atoms with E-state index in [1.54, 1.807) is 0 Å². The Bertz CT molecular complexity index is 377. The average Bonchev–Trinajstić information content (AvgIpc) is 2.42. The van der Waals surface area contributed by atoms with E-state index in [2.05, 4.69) is 35.2 Å². The predicted octanol–water partition coefficient (Wildman–Crippen LogP) is 2.37. The number of nitrogens with zero attached hydrogens (tertiary/aromatic N) is 2. The number of ether oxygens (including phenoxy) is 1. The molecule has 0 amide bonds. The molecule has 1 aromatic rings. The lowest BCUT2D eigenvalue weighted by Crippen LogP contribution is -2.30. The molecule has 2 rings (SSSR count). The van der Waals surface area contributed by atoms with Gasteiger partial charge >= 0.3 is 0 Å². The molecule has 1 aliphatic rings. The highest BCUT2D eigenvalue weighted by atomic mass is 16.5. The number of nitrogens with one attached hydrogen (secondary N) is 1. The topological polar surface area (TPSA) is 37.4 Å². The van der Waals surface area contributed by atoms with Gasteiger partial charge in [-0.3, -0.25) is 0 Å². The average molecular weight is 263 g/mol. The summed E-state index contributed by atoms with van der Waals surface area (Å²) in [4.78, 5) is 6.78. The van der Waals surface area contributed by atoms with Crippen LogP contribution in [0.5, 0.6) is 0 Å². The Morgan fingerprint density at radius 1 is 1.53 bits per heavy atom. The molecule has 1 unspecified atom stereocenters. The van der Waals surface area contributed by atoms with Crippen molar-refractivity contribution in [3.63, 3.8) is 0 Å². The van der Waals surface area contributed by atoms with Gasteiger partial charge in [0.1, 0.15) is 5.82 Å². The van der Waals surface area contributed by atoms with Crippen molar-refractivity contribution in [2.24, 2.45) is 5.92 Å². The summed E-state index contributed by atoms with van der Waals surface area (Å²) in [6.45, 7) is 6.89. The van der Waals surface area contributed by atoms with Crippen LogP contribution in [0.2, 0.25) is 0 Å². The van der Waals surface area contributed by atoms with Crippen LogP contribution in [0.1, 0.15) is 25.3 Å². The summed E-state index contributed by atoms with van der Waals surface area (Å²) in [6, 6.07) is 4.16. The van der Waals surface area contributed by atoms with E-state index >= 15 is 0 Å². The molecule has 106 valence electrons. The lowest BCUT2D eigenvalue weighted by atomic mass is 10.0. The minimum atomic E-state index is 0.679. The smallest absolute Gasteiger partial charge is 0.130 e. The molecule has 1 saturated heterocycles. The van der Waals surface area contributed by atoms with Crippen LogP contribution in [0.3, 0.4) is 0 Å². The molecule has 4 heteroatoms. The minimum Gasteiger partial charge on any atom is -0.381 e. The van der Waals surface area contributed by atoms with Gasteiger partial charge in [0.2, 0.25) is 0 Å². The molecule has 0 spiro atoms. The van der Waals surface area contributed by atoms with Crippen molar-refractivity contribution in [2.45, 2.75) is 26.3 Å². The van der Waals surface area contributed by atoms with Gasteiger partial charge in [-0.25, -0.2) is 4.98 Å². The summed E-state index contributed by atoms with van der Waals surface area (Å²) >= 11 is 0. The van der Waals surface area contributed by atoms with Crippen molar-refractivity contribution in [3.05, 3.63) is 23.9 Å². The van der Waals surface area contributed by atoms with Crippen LogP contribution in [0.25, 0.3) is 0 Å². The molecule has 4 nitrogen and oxygen atoms in total. The number of rotatable bonds is 6. The van der Waals surface area contributed by atoms with Crippen LogP contribution in [-0.4, -0.2) is 43.2 Å². The number of hydrogen-bond acceptors (Lipinski definition) is 4. The Labute approximate surface area is 116 Å². The summed E-state index contributed by atoms with van der Waals surface area (Å²) in [7, 11) is 2.18. The van der Waals surface area contributed by atoms with Gasteiger partial charge in [0.25, 0.3) is 0 Å². The normalized spacial score (nSPS) is 19.6. The van der Waals surface area contributed by atoms with Gasteiger partial charge < -0.3 is 15.0 Å². The van der Waals surface area contributed by atoms with Crippen LogP contribution in [0.15, 0.2) is 18.3 Å². The van der Waals surface area contributed by atoms with E-state index < -0.39 is 0 Å². The second kappa shape index (κ2) is 7.46. The van der Waals surface area contributed by atoms with E-state index in [1.807, 2.05) is 12.3 Å². The first-order chi connectivity index (χ1) is 9.29. The highest BCUT2D eigenvalue weighted by molar-refractivity contribution is 5.43. The maximum Gasteiger partial charge on any atom is 0.130 e. The molecule has 0 bridgehead atoms. The van der Waals surface area contributed by atoms with E-state index in [1.165, 1.54) is 18.4 Å². The first-order valence-corrected chi connectivity index (χ1v) is 7.23. The van der Waals surface area contributed by atoms with Crippen molar-refractivity contribution in [3.8, 4) is 0 Å². The molecule has 0 aromatic carbocycles. The summed E-state index contributed by atoms with van der Waals surface area (Å²) in [5, 5.41) is 3.32. The zero-order valence-corrected chi connectivity index (χ0v) is 12.1. The van der Waals surface area contributed by atoms with Crippen LogP contribution in [-0.2, 0) is 11.3 Å². The van der Waals surface area contributed by atoms with Crippen molar-refractivity contribution in [1.29, 1.82) is 0 Å². The molecule has 19 heavy (non-hydrogen) atoms. The van der Waals surface area contributed by atoms with Gasteiger partial charge in [-0.1, -0.05) is 6.07 Å². The van der Waals surface area contributed by atoms with E-state index in [4.69, 9.17) is 4.74 Å². The fraction of sp³-hybridized carbons (Fsp3) is 0.667. The summed E-state index contributed by atoms with van der Waals surface area (Å²) in [5.41, 5.74) is 1.27. The minimum absolute atomic E-state index is 0.679. The third kappa shape index (κ3) is 4.48. The van der Waals surface area contributed by atoms with Crippen molar-refractivity contribution >= 4 is 5.82 Å². The fourth-order valence-corrected chi connectivity index (χ4v) is 2.64. The number of hydrogen-bond donors (Lipinski definition) is 1. The molecule has 0 radical (unpaired) electrons. The largest absolute Gasteiger partial charge is 0.381 e. The molecule has 0 aliphatic carbocycles. The zero-order chi connectivity index (χ0) is 13.5. The Balaban J connectivity index is 1.88. The third-order valence-corrected chi connectivity index (χ3v) is 3.50. The van der Waals surface area contributed by atoms with Gasteiger partial charge in [0, 0.05) is 38.0 Å². The van der Waals surface area contributed by atoms with E-state index in [-0.39, 0.29) is 0 Å². The number of anilines is 1. The number of aromatic nitrogens is 1. The number of pyridine rings is 1. The van der Waals surface area contributed by atoms with Crippen LogP contribution in [0, 0.1) is 5.92 Å². The SMILES string of the molecule is CCNc1ncccc1CN(C)CC1CCCOC1. The molecule has 2 heterocycles. The van der Waals surface area contributed by atoms with E-state index in [9.17, 15) is 0 Å². The second-order valence-electron chi connectivity index (χ2n) is 5.32. The van der Waals surface area contributed by atoms with Crippen molar-refractivity contribution < 1.29 is 4.74 Å². The molecule has 1 fully saturated rings. The first-order valence-electron chi connectivity index (χ1n) is 7.23. The van der Waals surface area contributed by atoms with E-state index in [0.717, 1.165) is 38.7 Å². The van der Waals surface area contributed by atoms with Gasteiger partial charge in [-0.05, 0) is 38.8 Å². The van der Waals surface area contributed by atoms with Gasteiger partial charge in [0.05, 0.1) is 6.61 Å². The van der Waals surface area contributed by atoms with Crippen LogP contribution in [0.4, 0.5) is 5.82 Å². The summed E-state index contributed by atoms with van der Waals surface area (Å²) in [6.07, 6.45) is 4.34. The Morgan fingerprint density at radius 3 is 3.16 bits per heavy atom. The van der Waals surface area contributed by atoms with Crippen molar-refractivity contribution in [1.82, 2.24) is 9.88 Å².